The molecule has 0 nitrogen and oxygen atoms in total. The molecule has 0 aromatic carbocycles. The van der Waals surface area contributed by atoms with E-state index in [1.54, 1.807) is 0 Å². The topological polar surface area (TPSA) is 0 Å². The van der Waals surface area contributed by atoms with Crippen LogP contribution >= 0.6 is 18.6 Å². The molecule has 0 amide bonds. The van der Waals surface area contributed by atoms with Crippen LogP contribution in [0.25, 0.3) is 0 Å². The first kappa shape index (κ1) is 13.8. The van der Waals surface area contributed by atoms with Crippen molar-refractivity contribution in [2.24, 2.45) is 5.41 Å². The first-order chi connectivity index (χ1) is 5.91. The molecule has 0 aliphatic heterocycles. The third-order valence-electron chi connectivity index (χ3n) is 1.91. The van der Waals surface area contributed by atoms with Gasteiger partial charge in [0.25, 0.3) is 0 Å². The average Bonchev–Trinajstić information content (AvgIpc) is 2.35. The third-order valence-corrected chi connectivity index (χ3v) is 1.91. The summed E-state index contributed by atoms with van der Waals surface area (Å²) in [5.41, 5.74) is 3.33. The minimum atomic E-state index is -0.556. The Morgan fingerprint density at radius 3 is 1.92 bits per heavy atom. The summed E-state index contributed by atoms with van der Waals surface area (Å²) >= 11 is -0.556. The summed E-state index contributed by atoms with van der Waals surface area (Å²) in [5, 5.41) is 0. The molecule has 0 aromatic heterocycles. The first-order valence-corrected chi connectivity index (χ1v) is 8.55. The van der Waals surface area contributed by atoms with E-state index in [0.717, 1.165) is 6.42 Å². The molecule has 74 valence electrons. The Hall–Kier alpha value is 0.774. The summed E-state index contributed by atoms with van der Waals surface area (Å²) in [6.07, 6.45) is 5.79. The van der Waals surface area contributed by atoms with Crippen LogP contribution in [-0.2, 0) is 17.0 Å². The van der Waals surface area contributed by atoms with Gasteiger partial charge in [-0.3, -0.25) is 0 Å². The van der Waals surface area contributed by atoms with Crippen molar-refractivity contribution in [3.63, 3.8) is 0 Å². The molecule has 0 unspecified atom stereocenters. The van der Waals surface area contributed by atoms with Gasteiger partial charge in [-0.15, -0.1) is 0 Å². The van der Waals surface area contributed by atoms with Gasteiger partial charge in [0, 0.05) is 0 Å². The zero-order chi connectivity index (χ0) is 10.5. The molecular formula is C10H16Cl2Ti. The van der Waals surface area contributed by atoms with Gasteiger partial charge >= 0.3 is 35.6 Å². The Balaban J connectivity index is 0.000000424. The molecule has 1 aliphatic rings. The van der Waals surface area contributed by atoms with E-state index < -0.39 is 17.0 Å². The van der Waals surface area contributed by atoms with Crippen molar-refractivity contribution in [1.29, 1.82) is 0 Å². The fraction of sp³-hybridized carbons (Fsp3) is 0.600. The summed E-state index contributed by atoms with van der Waals surface area (Å²) < 4.78 is 0. The van der Waals surface area contributed by atoms with E-state index in [9.17, 15) is 0 Å². The van der Waals surface area contributed by atoms with Crippen LogP contribution in [0.2, 0.25) is 0 Å². The van der Waals surface area contributed by atoms with Crippen molar-refractivity contribution in [3.05, 3.63) is 23.3 Å². The predicted octanol–water partition coefficient (Wildman–Crippen LogP) is 4.69. The number of allylic oxidation sites excluding steroid dienone is 4. The fourth-order valence-electron chi connectivity index (χ4n) is 1.18. The third kappa shape index (κ3) is 5.96. The Morgan fingerprint density at radius 1 is 1.31 bits per heavy atom. The van der Waals surface area contributed by atoms with Gasteiger partial charge in [0.2, 0.25) is 0 Å². The van der Waals surface area contributed by atoms with Gasteiger partial charge in [-0.25, -0.2) is 0 Å². The molecule has 0 radical (unpaired) electrons. The average molecular weight is 255 g/mol. The molecule has 3 heteroatoms. The van der Waals surface area contributed by atoms with E-state index >= 15 is 0 Å². The van der Waals surface area contributed by atoms with Gasteiger partial charge in [-0.2, -0.15) is 0 Å². The number of hydrogen-bond donors (Lipinski definition) is 0. The number of halogens is 2. The first-order valence-electron chi connectivity index (χ1n) is 4.26. The Bertz CT molecular complexity index is 211. The number of rotatable bonds is 0. The molecule has 0 spiro atoms. The van der Waals surface area contributed by atoms with Crippen molar-refractivity contribution >= 4 is 18.6 Å². The quantitative estimate of drug-likeness (QED) is 0.551. The standard InChI is InChI=1S/C10H16.2ClH.Ti/c1-8-5-6-9(7-8)10(2,3)4;;;/h6-7H,5H2,1-4H3;2*1H;/q;;;+2/p-2. The molecule has 13 heavy (non-hydrogen) atoms. The van der Waals surface area contributed by atoms with Crippen LogP contribution in [0.3, 0.4) is 0 Å². The van der Waals surface area contributed by atoms with Crippen molar-refractivity contribution in [2.75, 3.05) is 0 Å². The van der Waals surface area contributed by atoms with Crippen molar-refractivity contribution < 1.29 is 17.0 Å². The van der Waals surface area contributed by atoms with E-state index in [2.05, 4.69) is 39.8 Å². The van der Waals surface area contributed by atoms with Crippen LogP contribution in [0.15, 0.2) is 23.3 Å². The van der Waals surface area contributed by atoms with E-state index in [1.165, 1.54) is 11.1 Å². The second kappa shape index (κ2) is 6.29. The van der Waals surface area contributed by atoms with Gasteiger partial charge in [0.05, 0.1) is 0 Å². The molecule has 1 rings (SSSR count). The molecule has 0 saturated heterocycles. The molecule has 0 fully saturated rings. The van der Waals surface area contributed by atoms with E-state index in [4.69, 9.17) is 18.6 Å². The summed E-state index contributed by atoms with van der Waals surface area (Å²) in [6.45, 7) is 8.96. The van der Waals surface area contributed by atoms with Crippen molar-refractivity contribution in [2.45, 2.75) is 34.1 Å². The summed E-state index contributed by atoms with van der Waals surface area (Å²) in [6, 6.07) is 0. The predicted molar refractivity (Wildman–Crippen MR) is 57.6 cm³/mol. The van der Waals surface area contributed by atoms with Crippen LogP contribution in [0.4, 0.5) is 0 Å². The number of hydrogen-bond acceptors (Lipinski definition) is 0. The molecule has 1 aliphatic carbocycles. The monoisotopic (exact) mass is 254 g/mol. The molecule has 0 heterocycles. The maximum absolute atomic E-state index is 4.89. The van der Waals surface area contributed by atoms with E-state index in [-0.39, 0.29) is 0 Å². The van der Waals surface area contributed by atoms with Gasteiger partial charge in [0.15, 0.2) is 0 Å². The summed E-state index contributed by atoms with van der Waals surface area (Å²) in [4.78, 5) is 0. The Morgan fingerprint density at radius 2 is 1.77 bits per heavy atom. The molecule has 0 atom stereocenters. The van der Waals surface area contributed by atoms with Gasteiger partial charge < -0.3 is 0 Å². The molecule has 0 aromatic rings. The van der Waals surface area contributed by atoms with Crippen LogP contribution < -0.4 is 0 Å². The van der Waals surface area contributed by atoms with Crippen LogP contribution in [-0.4, -0.2) is 0 Å². The van der Waals surface area contributed by atoms with Crippen LogP contribution in [0.5, 0.6) is 0 Å². The van der Waals surface area contributed by atoms with Crippen LogP contribution in [0, 0.1) is 5.41 Å². The van der Waals surface area contributed by atoms with Gasteiger partial charge in [0.1, 0.15) is 0 Å². The second-order valence-electron chi connectivity index (χ2n) is 4.18. The zero-order valence-electron chi connectivity index (χ0n) is 8.62. The van der Waals surface area contributed by atoms with Crippen molar-refractivity contribution in [1.82, 2.24) is 0 Å². The zero-order valence-corrected chi connectivity index (χ0v) is 11.7. The maximum atomic E-state index is 4.89. The Labute approximate surface area is 98.1 Å². The minimum absolute atomic E-state index is 0.345. The normalized spacial score (nSPS) is 15.5. The van der Waals surface area contributed by atoms with Crippen molar-refractivity contribution in [3.8, 4) is 0 Å². The Kier molecular flexibility index (Phi) is 6.67. The molecule has 0 N–H and O–H groups in total. The van der Waals surface area contributed by atoms with Crippen LogP contribution in [0.1, 0.15) is 34.1 Å². The SMILES string of the molecule is CC1=CC(C(C)(C)C)=CC1.[Cl][Ti][Cl]. The van der Waals surface area contributed by atoms with Gasteiger partial charge in [-0.1, -0.05) is 38.5 Å². The van der Waals surface area contributed by atoms with E-state index in [0.29, 0.717) is 5.41 Å². The molecule has 0 saturated carbocycles. The summed E-state index contributed by atoms with van der Waals surface area (Å²) in [5.74, 6) is 0. The molecular weight excluding hydrogens is 239 g/mol. The summed E-state index contributed by atoms with van der Waals surface area (Å²) in [7, 11) is 9.78. The van der Waals surface area contributed by atoms with E-state index in [1.807, 2.05) is 0 Å². The second-order valence-corrected chi connectivity index (χ2v) is 6.75. The fourth-order valence-corrected chi connectivity index (χ4v) is 1.18. The van der Waals surface area contributed by atoms with Gasteiger partial charge in [-0.05, 0) is 24.3 Å². The molecule has 0 bridgehead atoms.